The number of hydrogen-bond acceptors (Lipinski definition) is 4. The van der Waals surface area contributed by atoms with Gasteiger partial charge < -0.3 is 5.32 Å². The van der Waals surface area contributed by atoms with Crippen LogP contribution in [0.5, 0.6) is 0 Å². The monoisotopic (exact) mass is 233 g/mol. The average molecular weight is 233 g/mol. The first-order chi connectivity index (χ1) is 8.31. The van der Waals surface area contributed by atoms with E-state index in [1.165, 1.54) is 6.07 Å². The van der Waals surface area contributed by atoms with Gasteiger partial charge in [-0.05, 0) is 16.5 Å². The summed E-state index contributed by atoms with van der Waals surface area (Å²) in [5.41, 5.74) is 0.570. The highest BCUT2D eigenvalue weighted by Gasteiger charge is 2.05. The predicted octanol–water partition coefficient (Wildman–Crippen LogP) is 1.61. The number of halogens is 1. The number of rotatable bonds is 5. The highest BCUT2D eigenvalue weighted by Crippen LogP contribution is 2.08. The van der Waals surface area contributed by atoms with Crippen LogP contribution >= 0.6 is 0 Å². The lowest BCUT2D eigenvalue weighted by atomic mass is 10.2. The summed E-state index contributed by atoms with van der Waals surface area (Å²) >= 11 is 0. The Labute approximate surface area is 98.0 Å². The molecule has 1 N–H and O–H groups in total. The molecular formula is C11H12FN5. The Balaban J connectivity index is 2.05. The van der Waals surface area contributed by atoms with Crippen molar-refractivity contribution in [3.05, 3.63) is 48.3 Å². The Morgan fingerprint density at radius 1 is 1.41 bits per heavy atom. The van der Waals surface area contributed by atoms with Gasteiger partial charge in [0.05, 0.1) is 6.54 Å². The number of aromatic nitrogens is 4. The molecule has 1 aromatic carbocycles. The van der Waals surface area contributed by atoms with Crippen molar-refractivity contribution in [1.82, 2.24) is 20.2 Å². The second-order valence-electron chi connectivity index (χ2n) is 3.42. The van der Waals surface area contributed by atoms with E-state index >= 15 is 0 Å². The molecule has 0 radical (unpaired) electrons. The molecule has 0 aliphatic rings. The van der Waals surface area contributed by atoms with Crippen molar-refractivity contribution in [1.29, 1.82) is 0 Å². The molecule has 0 saturated heterocycles. The molecule has 6 heteroatoms. The molecule has 0 aliphatic carbocycles. The minimum Gasteiger partial charge on any atom is -0.349 e. The van der Waals surface area contributed by atoms with Gasteiger partial charge in [0.25, 0.3) is 0 Å². The standard InChI is InChI=1S/C11H12FN5/c1-2-7-17-11(14-15-16-17)13-8-9-5-3-4-6-10(9)12/h2-6H,1,7-8H2,(H,13,14,16). The Kier molecular flexibility index (Phi) is 3.44. The quantitative estimate of drug-likeness (QED) is 0.797. The Hall–Kier alpha value is -2.24. The minimum atomic E-state index is -0.247. The molecule has 0 fully saturated rings. The smallest absolute Gasteiger partial charge is 0.243 e. The van der Waals surface area contributed by atoms with Crippen LogP contribution in [-0.4, -0.2) is 20.2 Å². The van der Waals surface area contributed by atoms with E-state index in [1.54, 1.807) is 29.0 Å². The second-order valence-corrected chi connectivity index (χ2v) is 3.42. The van der Waals surface area contributed by atoms with Crippen LogP contribution in [0.3, 0.4) is 0 Å². The van der Waals surface area contributed by atoms with Crippen LogP contribution in [0.15, 0.2) is 36.9 Å². The zero-order valence-corrected chi connectivity index (χ0v) is 9.17. The normalized spacial score (nSPS) is 10.2. The molecule has 0 atom stereocenters. The van der Waals surface area contributed by atoms with Gasteiger partial charge in [-0.2, -0.15) is 0 Å². The lowest BCUT2D eigenvalue weighted by molar-refractivity contribution is 0.611. The van der Waals surface area contributed by atoms with Crippen LogP contribution in [0.1, 0.15) is 5.56 Å². The number of allylic oxidation sites excluding steroid dienone is 1. The van der Waals surface area contributed by atoms with Gasteiger partial charge in [-0.25, -0.2) is 9.07 Å². The van der Waals surface area contributed by atoms with Gasteiger partial charge in [0.15, 0.2) is 0 Å². The van der Waals surface area contributed by atoms with Crippen molar-refractivity contribution in [3.8, 4) is 0 Å². The Morgan fingerprint density at radius 3 is 3.00 bits per heavy atom. The molecule has 0 spiro atoms. The van der Waals surface area contributed by atoms with E-state index in [2.05, 4.69) is 27.4 Å². The maximum atomic E-state index is 13.4. The highest BCUT2D eigenvalue weighted by molar-refractivity contribution is 5.27. The summed E-state index contributed by atoms with van der Waals surface area (Å²) in [7, 11) is 0. The van der Waals surface area contributed by atoms with Crippen molar-refractivity contribution < 1.29 is 4.39 Å². The van der Waals surface area contributed by atoms with E-state index in [9.17, 15) is 4.39 Å². The molecule has 0 saturated carbocycles. The molecule has 1 heterocycles. The summed E-state index contributed by atoms with van der Waals surface area (Å²) in [6.07, 6.45) is 1.69. The molecule has 88 valence electrons. The number of anilines is 1. The molecule has 1 aromatic heterocycles. The number of nitrogens with zero attached hydrogens (tertiary/aromatic N) is 4. The van der Waals surface area contributed by atoms with Crippen LogP contribution in [0, 0.1) is 5.82 Å². The Bertz CT molecular complexity index is 508. The zero-order valence-electron chi connectivity index (χ0n) is 9.17. The second kappa shape index (κ2) is 5.20. The lowest BCUT2D eigenvalue weighted by Crippen LogP contribution is -2.09. The molecule has 5 nitrogen and oxygen atoms in total. The van der Waals surface area contributed by atoms with E-state index in [0.29, 0.717) is 24.6 Å². The first-order valence-corrected chi connectivity index (χ1v) is 5.15. The van der Waals surface area contributed by atoms with Gasteiger partial charge in [-0.3, -0.25) is 0 Å². The van der Waals surface area contributed by atoms with E-state index in [0.717, 1.165) is 0 Å². The van der Waals surface area contributed by atoms with Gasteiger partial charge in [0.2, 0.25) is 5.95 Å². The van der Waals surface area contributed by atoms with Crippen LogP contribution in [0.2, 0.25) is 0 Å². The summed E-state index contributed by atoms with van der Waals surface area (Å²) in [5, 5.41) is 14.1. The molecular weight excluding hydrogens is 221 g/mol. The molecule has 2 aromatic rings. The summed E-state index contributed by atoms with van der Waals surface area (Å²) in [6, 6.07) is 6.57. The molecule has 0 amide bonds. The zero-order chi connectivity index (χ0) is 12.1. The minimum absolute atomic E-state index is 0.247. The number of benzene rings is 1. The molecule has 2 rings (SSSR count). The topological polar surface area (TPSA) is 55.6 Å². The van der Waals surface area contributed by atoms with Gasteiger partial charge in [-0.15, -0.1) is 6.58 Å². The maximum Gasteiger partial charge on any atom is 0.243 e. The third kappa shape index (κ3) is 2.66. The summed E-state index contributed by atoms with van der Waals surface area (Å²) in [4.78, 5) is 0. The molecule has 17 heavy (non-hydrogen) atoms. The van der Waals surface area contributed by atoms with E-state index < -0.39 is 0 Å². The van der Waals surface area contributed by atoms with Gasteiger partial charge in [-0.1, -0.05) is 29.4 Å². The first kappa shape index (κ1) is 11.3. The SMILES string of the molecule is C=CCn1nnnc1NCc1ccccc1F. The van der Waals surface area contributed by atoms with Crippen LogP contribution in [0.25, 0.3) is 0 Å². The predicted molar refractivity (Wildman–Crippen MR) is 61.7 cm³/mol. The fourth-order valence-corrected chi connectivity index (χ4v) is 1.39. The van der Waals surface area contributed by atoms with Crippen LogP contribution in [0.4, 0.5) is 10.3 Å². The fourth-order valence-electron chi connectivity index (χ4n) is 1.39. The van der Waals surface area contributed by atoms with Crippen molar-refractivity contribution in [2.45, 2.75) is 13.1 Å². The van der Waals surface area contributed by atoms with Crippen LogP contribution in [-0.2, 0) is 13.1 Å². The number of tetrazole rings is 1. The van der Waals surface area contributed by atoms with Gasteiger partial charge >= 0.3 is 0 Å². The average Bonchev–Trinajstić information content (AvgIpc) is 2.76. The molecule has 0 bridgehead atoms. The summed E-state index contributed by atoms with van der Waals surface area (Å²) < 4.78 is 14.9. The summed E-state index contributed by atoms with van der Waals surface area (Å²) in [6.45, 7) is 4.45. The molecule has 0 unspecified atom stereocenters. The van der Waals surface area contributed by atoms with E-state index in [1.807, 2.05) is 0 Å². The fraction of sp³-hybridized carbons (Fsp3) is 0.182. The van der Waals surface area contributed by atoms with E-state index in [-0.39, 0.29) is 5.82 Å². The lowest BCUT2D eigenvalue weighted by Gasteiger charge is -2.06. The van der Waals surface area contributed by atoms with Crippen molar-refractivity contribution in [2.75, 3.05) is 5.32 Å². The highest BCUT2D eigenvalue weighted by atomic mass is 19.1. The maximum absolute atomic E-state index is 13.4. The first-order valence-electron chi connectivity index (χ1n) is 5.15. The van der Waals surface area contributed by atoms with Crippen molar-refractivity contribution in [3.63, 3.8) is 0 Å². The number of nitrogens with one attached hydrogen (secondary N) is 1. The molecule has 0 aliphatic heterocycles. The van der Waals surface area contributed by atoms with Crippen molar-refractivity contribution in [2.24, 2.45) is 0 Å². The van der Waals surface area contributed by atoms with Crippen molar-refractivity contribution >= 4 is 5.95 Å². The van der Waals surface area contributed by atoms with Gasteiger partial charge in [0, 0.05) is 12.1 Å². The largest absolute Gasteiger partial charge is 0.349 e. The summed E-state index contributed by atoms with van der Waals surface area (Å²) in [5.74, 6) is 0.246. The van der Waals surface area contributed by atoms with Gasteiger partial charge in [0.1, 0.15) is 5.82 Å². The van der Waals surface area contributed by atoms with E-state index in [4.69, 9.17) is 0 Å². The van der Waals surface area contributed by atoms with Crippen LogP contribution < -0.4 is 5.32 Å². The third-order valence-electron chi connectivity index (χ3n) is 2.23. The third-order valence-corrected chi connectivity index (χ3v) is 2.23. The number of hydrogen-bond donors (Lipinski definition) is 1. The Morgan fingerprint density at radius 2 is 2.24 bits per heavy atom.